The molecule has 31 heavy (non-hydrogen) atoms. The van der Waals surface area contributed by atoms with Gasteiger partial charge in [0.2, 0.25) is 5.91 Å². The molecule has 1 aromatic carbocycles. The van der Waals surface area contributed by atoms with E-state index < -0.39 is 0 Å². The van der Waals surface area contributed by atoms with Crippen LogP contribution in [-0.4, -0.2) is 56.7 Å². The number of para-hydroxylation sites is 1. The molecule has 1 amide bonds. The number of halogens is 1. The summed E-state index contributed by atoms with van der Waals surface area (Å²) in [5, 5.41) is 5.37. The van der Waals surface area contributed by atoms with E-state index in [1.165, 1.54) is 0 Å². The highest BCUT2D eigenvalue weighted by atomic mass is 35.5. The summed E-state index contributed by atoms with van der Waals surface area (Å²) in [7, 11) is 0. The molecule has 1 saturated heterocycles. The second kappa shape index (κ2) is 8.67. The maximum atomic E-state index is 13.0. The smallest absolute Gasteiger partial charge is 0.251 e. The number of nitrogens with zero attached hydrogens (tertiary/aromatic N) is 6. The summed E-state index contributed by atoms with van der Waals surface area (Å²) in [5.74, 6) is 0.663. The Morgan fingerprint density at radius 1 is 1.00 bits per heavy atom. The summed E-state index contributed by atoms with van der Waals surface area (Å²) in [4.78, 5) is 26.2. The molecule has 0 bridgehead atoms. The number of rotatable bonds is 4. The molecule has 0 N–H and O–H groups in total. The third-order valence-corrected chi connectivity index (χ3v) is 6.07. The van der Waals surface area contributed by atoms with Gasteiger partial charge in [0.15, 0.2) is 0 Å². The number of carbonyl (C=O) groups is 1. The SMILES string of the molecule is Cc1cc(C)nc(-n2nc(C)c(CC(=O)N3CCN(c4ccccc4Cl)CC3)c2C)n1. The molecule has 1 aliphatic heterocycles. The lowest BCUT2D eigenvalue weighted by molar-refractivity contribution is -0.130. The number of hydrogen-bond acceptors (Lipinski definition) is 5. The van der Waals surface area contributed by atoms with Gasteiger partial charge in [0, 0.05) is 48.8 Å². The van der Waals surface area contributed by atoms with E-state index in [1.54, 1.807) is 4.68 Å². The number of aromatic nitrogens is 4. The van der Waals surface area contributed by atoms with E-state index in [0.717, 1.165) is 52.1 Å². The Morgan fingerprint density at radius 2 is 1.65 bits per heavy atom. The zero-order chi connectivity index (χ0) is 22.1. The number of benzene rings is 1. The molecule has 3 heterocycles. The van der Waals surface area contributed by atoms with Crippen molar-refractivity contribution in [1.29, 1.82) is 0 Å². The van der Waals surface area contributed by atoms with Gasteiger partial charge >= 0.3 is 0 Å². The Bertz CT molecular complexity index is 1100. The molecule has 162 valence electrons. The Hall–Kier alpha value is -2.93. The van der Waals surface area contributed by atoms with Gasteiger partial charge in [0.25, 0.3) is 5.95 Å². The number of aryl methyl sites for hydroxylation is 3. The summed E-state index contributed by atoms with van der Waals surface area (Å²) in [6, 6.07) is 9.77. The van der Waals surface area contributed by atoms with E-state index in [1.807, 2.05) is 62.9 Å². The monoisotopic (exact) mass is 438 g/mol. The third-order valence-electron chi connectivity index (χ3n) is 5.75. The molecule has 1 fully saturated rings. The van der Waals surface area contributed by atoms with Gasteiger partial charge in [-0.3, -0.25) is 4.79 Å². The first-order valence-corrected chi connectivity index (χ1v) is 10.9. The first-order chi connectivity index (χ1) is 14.8. The summed E-state index contributed by atoms with van der Waals surface area (Å²) in [5.41, 5.74) is 5.50. The van der Waals surface area contributed by atoms with E-state index in [4.69, 9.17) is 11.6 Å². The average Bonchev–Trinajstić information content (AvgIpc) is 3.02. The van der Waals surface area contributed by atoms with Gasteiger partial charge in [-0.1, -0.05) is 23.7 Å². The van der Waals surface area contributed by atoms with Crippen molar-refractivity contribution in [2.24, 2.45) is 0 Å². The lowest BCUT2D eigenvalue weighted by atomic mass is 10.1. The molecule has 4 rings (SSSR count). The van der Waals surface area contributed by atoms with Gasteiger partial charge in [0.05, 0.1) is 22.8 Å². The third kappa shape index (κ3) is 4.42. The summed E-state index contributed by atoms with van der Waals surface area (Å²) < 4.78 is 1.74. The van der Waals surface area contributed by atoms with Crippen molar-refractivity contribution in [3.8, 4) is 5.95 Å². The van der Waals surface area contributed by atoms with Gasteiger partial charge in [-0.25, -0.2) is 14.6 Å². The van der Waals surface area contributed by atoms with Crippen LogP contribution in [0.2, 0.25) is 5.02 Å². The van der Waals surface area contributed by atoms with E-state index in [0.29, 0.717) is 25.5 Å². The predicted octanol–water partition coefficient (Wildman–Crippen LogP) is 3.44. The molecule has 0 radical (unpaired) electrons. The lowest BCUT2D eigenvalue weighted by Gasteiger charge is -2.36. The highest BCUT2D eigenvalue weighted by Crippen LogP contribution is 2.26. The van der Waals surface area contributed by atoms with Crippen molar-refractivity contribution in [3.63, 3.8) is 0 Å². The molecular weight excluding hydrogens is 412 g/mol. The standard InChI is InChI=1S/C23H27ClN6O/c1-15-13-16(2)26-23(25-15)30-18(4)19(17(3)27-30)14-22(31)29-11-9-28(10-12-29)21-8-6-5-7-20(21)24/h5-8,13H,9-12,14H2,1-4H3. The molecule has 1 aliphatic rings. The van der Waals surface area contributed by atoms with E-state index >= 15 is 0 Å². The van der Waals surface area contributed by atoms with Crippen molar-refractivity contribution < 1.29 is 4.79 Å². The lowest BCUT2D eigenvalue weighted by Crippen LogP contribution is -2.49. The van der Waals surface area contributed by atoms with Crippen LogP contribution in [0.5, 0.6) is 0 Å². The van der Waals surface area contributed by atoms with Gasteiger partial charge in [-0.05, 0) is 45.9 Å². The Kier molecular flexibility index (Phi) is 5.96. The minimum atomic E-state index is 0.117. The second-order valence-corrected chi connectivity index (χ2v) is 8.42. The zero-order valence-electron chi connectivity index (χ0n) is 18.4. The maximum absolute atomic E-state index is 13.0. The zero-order valence-corrected chi connectivity index (χ0v) is 19.1. The fourth-order valence-electron chi connectivity index (χ4n) is 4.10. The fraction of sp³-hybridized carbons (Fsp3) is 0.391. The molecule has 2 aromatic heterocycles. The number of carbonyl (C=O) groups excluding carboxylic acids is 1. The first-order valence-electron chi connectivity index (χ1n) is 10.5. The average molecular weight is 439 g/mol. The number of piperazine rings is 1. The van der Waals surface area contributed by atoms with Gasteiger partial charge in [-0.15, -0.1) is 0 Å². The Balaban J connectivity index is 1.46. The molecular formula is C23H27ClN6O. The molecule has 8 heteroatoms. The summed E-state index contributed by atoms with van der Waals surface area (Å²) in [6.45, 7) is 10.7. The first kappa shape index (κ1) is 21.3. The molecule has 7 nitrogen and oxygen atoms in total. The van der Waals surface area contributed by atoms with Gasteiger partial charge in [0.1, 0.15) is 0 Å². The minimum Gasteiger partial charge on any atom is -0.367 e. The molecule has 0 saturated carbocycles. The van der Waals surface area contributed by atoms with Crippen LogP contribution in [0.1, 0.15) is 28.3 Å². The highest BCUT2D eigenvalue weighted by molar-refractivity contribution is 6.33. The molecule has 0 atom stereocenters. The highest BCUT2D eigenvalue weighted by Gasteiger charge is 2.25. The van der Waals surface area contributed by atoms with Crippen LogP contribution in [0, 0.1) is 27.7 Å². The minimum absolute atomic E-state index is 0.117. The number of anilines is 1. The van der Waals surface area contributed by atoms with Crippen LogP contribution in [-0.2, 0) is 11.2 Å². The van der Waals surface area contributed by atoms with Crippen molar-refractivity contribution in [1.82, 2.24) is 24.6 Å². The van der Waals surface area contributed by atoms with Crippen LogP contribution in [0.15, 0.2) is 30.3 Å². The molecule has 3 aromatic rings. The van der Waals surface area contributed by atoms with Crippen molar-refractivity contribution in [2.45, 2.75) is 34.1 Å². The van der Waals surface area contributed by atoms with Crippen molar-refractivity contribution in [3.05, 3.63) is 63.7 Å². The van der Waals surface area contributed by atoms with E-state index in [2.05, 4.69) is 20.0 Å². The second-order valence-electron chi connectivity index (χ2n) is 8.01. The maximum Gasteiger partial charge on any atom is 0.251 e. The van der Waals surface area contributed by atoms with Crippen molar-refractivity contribution >= 4 is 23.2 Å². The van der Waals surface area contributed by atoms with Crippen molar-refractivity contribution in [2.75, 3.05) is 31.1 Å². The summed E-state index contributed by atoms with van der Waals surface area (Å²) in [6.07, 6.45) is 0.328. The molecule has 0 spiro atoms. The van der Waals surface area contributed by atoms with Gasteiger partial charge in [-0.2, -0.15) is 5.10 Å². The normalized spacial score (nSPS) is 14.2. The van der Waals surface area contributed by atoms with Crippen LogP contribution in [0.4, 0.5) is 5.69 Å². The largest absolute Gasteiger partial charge is 0.367 e. The Morgan fingerprint density at radius 3 is 2.29 bits per heavy atom. The quantitative estimate of drug-likeness (QED) is 0.624. The Labute approximate surface area is 187 Å². The topological polar surface area (TPSA) is 67.2 Å². The number of hydrogen-bond donors (Lipinski definition) is 0. The van der Waals surface area contributed by atoms with Crippen LogP contribution in [0.3, 0.4) is 0 Å². The van der Waals surface area contributed by atoms with Gasteiger partial charge < -0.3 is 9.80 Å². The van der Waals surface area contributed by atoms with E-state index in [-0.39, 0.29) is 5.91 Å². The van der Waals surface area contributed by atoms with E-state index in [9.17, 15) is 4.79 Å². The van der Waals surface area contributed by atoms with Crippen LogP contribution >= 0.6 is 11.6 Å². The molecule has 0 unspecified atom stereocenters. The van der Waals surface area contributed by atoms with Crippen LogP contribution in [0.25, 0.3) is 5.95 Å². The molecule has 0 aliphatic carbocycles. The summed E-state index contributed by atoms with van der Waals surface area (Å²) >= 11 is 6.33. The predicted molar refractivity (Wildman–Crippen MR) is 122 cm³/mol. The number of amides is 1. The fourth-order valence-corrected chi connectivity index (χ4v) is 4.35. The van der Waals surface area contributed by atoms with Crippen LogP contribution < -0.4 is 4.90 Å².